The molecule has 6 aromatic heterocycles. The van der Waals surface area contributed by atoms with Gasteiger partial charge in [-0.25, -0.2) is 19.9 Å². The highest BCUT2D eigenvalue weighted by Gasteiger charge is 2.52. The number of pyridine rings is 5. The fourth-order valence-corrected chi connectivity index (χ4v) is 22.9. The van der Waals surface area contributed by atoms with Crippen molar-refractivity contribution in [3.8, 4) is 118 Å². The Labute approximate surface area is 730 Å². The predicted molar refractivity (Wildman–Crippen MR) is 513 cm³/mol. The van der Waals surface area contributed by atoms with E-state index in [4.69, 9.17) is 19.9 Å². The van der Waals surface area contributed by atoms with Crippen molar-refractivity contribution >= 4 is 77.9 Å². The number of fused-ring (bicyclic) bond motifs is 25. The molecule has 0 saturated carbocycles. The molecule has 9 heteroatoms. The van der Waals surface area contributed by atoms with E-state index in [1.165, 1.54) is 97.1 Å². The van der Waals surface area contributed by atoms with Crippen molar-refractivity contribution in [2.75, 3.05) is 0 Å². The Balaban J connectivity index is 0.000000137. The highest BCUT2D eigenvalue weighted by molar-refractivity contribution is 7.99. The van der Waals surface area contributed by atoms with Gasteiger partial charge in [0, 0.05) is 75.9 Å². The van der Waals surface area contributed by atoms with Gasteiger partial charge in [-0.05, 0) is 232 Å². The zero-order chi connectivity index (χ0) is 82.3. The monoisotopic (exact) mass is 1630 g/mol. The van der Waals surface area contributed by atoms with E-state index in [0.29, 0.717) is 0 Å². The highest BCUT2D eigenvalue weighted by atomic mass is 32.2. The lowest BCUT2D eigenvalue weighted by atomic mass is 9.67. The first-order valence-electron chi connectivity index (χ1n) is 42.4. The average Bonchev–Trinajstić information content (AvgIpc) is 1.55. The van der Waals surface area contributed by atoms with E-state index in [0.717, 1.165) is 139 Å². The molecule has 22 aromatic rings. The third kappa shape index (κ3) is 11.5. The number of para-hydroxylation sites is 5. The smallest absolute Gasteiger partial charge is 0.145 e. The molecule has 582 valence electrons. The Bertz CT molecular complexity index is 8020. The van der Waals surface area contributed by atoms with Gasteiger partial charge in [-0.15, -0.1) is 0 Å². The Hall–Kier alpha value is -15.5. The maximum absolute atomic E-state index is 5.46. The summed E-state index contributed by atoms with van der Waals surface area (Å²) in [6.07, 6.45) is 3.61. The lowest BCUT2D eigenvalue weighted by molar-refractivity contribution is 0.724. The van der Waals surface area contributed by atoms with Crippen molar-refractivity contribution < 1.29 is 0 Å². The number of nitrogens with zero attached hydrogens (tertiary/aromatic N) is 7. The van der Waals surface area contributed by atoms with E-state index in [2.05, 4.69) is 397 Å². The number of rotatable bonds is 9. The summed E-state index contributed by atoms with van der Waals surface area (Å²) in [5.74, 6) is 0.926. The molecule has 0 amide bonds. The Kier molecular flexibility index (Phi) is 16.8. The largest absolute Gasteiger partial charge is 0.292 e. The quantitative estimate of drug-likeness (QED) is 0.132. The minimum absolute atomic E-state index is 0.444. The molecule has 0 saturated heterocycles. The van der Waals surface area contributed by atoms with Gasteiger partial charge >= 0.3 is 0 Å². The molecule has 0 radical (unpaired) electrons. The van der Waals surface area contributed by atoms with Crippen molar-refractivity contribution in [2.45, 2.75) is 30.4 Å². The van der Waals surface area contributed by atoms with Gasteiger partial charge in [0.2, 0.25) is 0 Å². The second kappa shape index (κ2) is 29.1. The van der Waals surface area contributed by atoms with Gasteiger partial charge in [-0.1, -0.05) is 321 Å². The molecule has 16 aromatic carbocycles. The zero-order valence-corrected chi connectivity index (χ0v) is 69.1. The number of imidazole rings is 1. The normalized spacial score (nSPS) is 13.2. The average molecular weight is 1630 g/mol. The lowest BCUT2D eigenvalue weighted by Gasteiger charge is -2.40. The van der Waals surface area contributed by atoms with Crippen LogP contribution in [0.2, 0.25) is 0 Å². The van der Waals surface area contributed by atoms with Crippen LogP contribution in [0.15, 0.2) is 451 Å². The van der Waals surface area contributed by atoms with Crippen molar-refractivity contribution in [3.05, 3.63) is 475 Å². The van der Waals surface area contributed by atoms with Crippen molar-refractivity contribution in [3.63, 3.8) is 0 Å². The Morgan fingerprint density at radius 1 is 0.208 bits per heavy atom. The van der Waals surface area contributed by atoms with E-state index in [-0.39, 0.29) is 0 Å². The van der Waals surface area contributed by atoms with E-state index in [1.54, 1.807) is 12.4 Å². The fraction of sp³-hybridized carbons (Fsp3) is 0.0172. The van der Waals surface area contributed by atoms with Crippen LogP contribution in [-0.4, -0.2) is 34.5 Å². The minimum Gasteiger partial charge on any atom is -0.292 e. The molecule has 8 heterocycles. The summed E-state index contributed by atoms with van der Waals surface area (Å²) in [5, 5.41) is 7.06. The third-order valence-corrected chi connectivity index (χ3v) is 28.2. The first-order valence-corrected chi connectivity index (χ1v) is 44.1. The van der Waals surface area contributed by atoms with Crippen LogP contribution in [-0.2, 0) is 10.8 Å². The standard InChI is InChI=1S/C59H36N4S.C57H35N3S/c1-4-19-47-42(16-1)43-17-2-5-20-48(43)59(47)49-21-6-8-25-56(49)64-57-36-46-45(35-50(57)59)44-18-3-7-22-51(44)63-58(46)40-15-13-14-39(32-40)37-26-28-38(29-27-37)41-33-54(52-23-9-11-30-60-52)62-55(34-41)53-24-10-12-31-61-53;1-2-17-40(18-3-1)60-52-27-12-11-26-51(52)59-56(60)37-31-29-36(30-32-37)38-15-14-16-39(33-38)55-45-35-54-49(34-44(45)43-21-6-10-25-50(43)58-55)57(48-24-9-13-28-53(48)61-54)46-22-7-4-19-41(46)42-20-5-8-23-47(42)57/h1-36H;1-35H. The second-order valence-corrected chi connectivity index (χ2v) is 34.8. The number of benzene rings is 16. The van der Waals surface area contributed by atoms with Gasteiger partial charge in [-0.2, -0.15) is 0 Å². The minimum atomic E-state index is -0.453. The first-order chi connectivity index (χ1) is 61.9. The van der Waals surface area contributed by atoms with Gasteiger partial charge < -0.3 is 0 Å². The summed E-state index contributed by atoms with van der Waals surface area (Å²) in [5.41, 5.74) is 35.4. The molecule has 0 N–H and O–H groups in total. The highest BCUT2D eigenvalue weighted by Crippen LogP contribution is 2.65. The molecule has 0 unspecified atom stereocenters. The van der Waals surface area contributed by atoms with Gasteiger partial charge in [0.05, 0.1) is 67.1 Å². The Morgan fingerprint density at radius 2 is 0.592 bits per heavy atom. The molecule has 7 nitrogen and oxygen atoms in total. The summed E-state index contributed by atoms with van der Waals surface area (Å²) in [6.45, 7) is 0. The molecule has 2 aliphatic heterocycles. The van der Waals surface area contributed by atoms with Gasteiger partial charge in [0.1, 0.15) is 5.82 Å². The molecule has 0 atom stereocenters. The van der Waals surface area contributed by atoms with E-state index < -0.39 is 10.8 Å². The summed E-state index contributed by atoms with van der Waals surface area (Å²) in [4.78, 5) is 35.3. The van der Waals surface area contributed by atoms with Crippen LogP contribution in [0, 0.1) is 0 Å². The molecule has 125 heavy (non-hydrogen) atoms. The van der Waals surface area contributed by atoms with Crippen molar-refractivity contribution in [2.24, 2.45) is 0 Å². The fourth-order valence-electron chi connectivity index (χ4n) is 20.4. The van der Waals surface area contributed by atoms with Crippen LogP contribution in [0.25, 0.3) is 172 Å². The molecule has 2 aliphatic carbocycles. The SMILES string of the molecule is c1ccc(-c2cc(-c3ccc(-c4cccc(-c5nc6ccccc6c6cc7c(cc56)Sc5ccccc5C75c6ccccc6-c6ccccc65)c4)cc3)cc(-c3ccccn3)n2)nc1.c1ccc(-n2c(-c3ccc(-c4cccc(-c5nc6ccccc6c6cc7c(cc56)Sc5ccccc5C75c6ccccc6-c6ccccc65)c4)cc3)nc3ccccc32)cc1. The molecule has 4 aliphatic rings. The van der Waals surface area contributed by atoms with E-state index in [9.17, 15) is 0 Å². The molecule has 0 bridgehead atoms. The predicted octanol–water partition coefficient (Wildman–Crippen LogP) is 29.3. The van der Waals surface area contributed by atoms with E-state index in [1.807, 2.05) is 59.9 Å². The van der Waals surface area contributed by atoms with E-state index >= 15 is 0 Å². The van der Waals surface area contributed by atoms with Crippen LogP contribution >= 0.6 is 23.5 Å². The molecular formula is C116H71N7S2. The molecular weight excluding hydrogens is 1560 g/mol. The van der Waals surface area contributed by atoms with Gasteiger partial charge in [0.25, 0.3) is 0 Å². The Morgan fingerprint density at radius 3 is 1.06 bits per heavy atom. The zero-order valence-electron chi connectivity index (χ0n) is 67.4. The summed E-state index contributed by atoms with van der Waals surface area (Å²) < 4.78 is 2.25. The van der Waals surface area contributed by atoms with Gasteiger partial charge in [0.15, 0.2) is 0 Å². The first kappa shape index (κ1) is 72.3. The van der Waals surface area contributed by atoms with Crippen molar-refractivity contribution in [1.82, 2.24) is 34.5 Å². The summed E-state index contributed by atoms with van der Waals surface area (Å²) in [7, 11) is 0. The van der Waals surface area contributed by atoms with Crippen LogP contribution in [0.4, 0.5) is 0 Å². The van der Waals surface area contributed by atoms with Crippen LogP contribution in [0.1, 0.15) is 44.5 Å². The van der Waals surface area contributed by atoms with Crippen LogP contribution in [0.5, 0.6) is 0 Å². The van der Waals surface area contributed by atoms with Gasteiger partial charge in [-0.3, -0.25) is 14.5 Å². The van der Waals surface area contributed by atoms with Crippen LogP contribution in [0.3, 0.4) is 0 Å². The maximum Gasteiger partial charge on any atom is 0.145 e. The van der Waals surface area contributed by atoms with Crippen LogP contribution < -0.4 is 0 Å². The topological polar surface area (TPSA) is 82.3 Å². The third-order valence-electron chi connectivity index (χ3n) is 25.9. The second-order valence-electron chi connectivity index (χ2n) is 32.6. The lowest BCUT2D eigenvalue weighted by Crippen LogP contribution is -2.32. The summed E-state index contributed by atoms with van der Waals surface area (Å²) in [6, 6.07) is 152. The molecule has 2 spiro atoms. The number of aromatic nitrogens is 7. The van der Waals surface area contributed by atoms with Crippen molar-refractivity contribution in [1.29, 1.82) is 0 Å². The summed E-state index contributed by atoms with van der Waals surface area (Å²) >= 11 is 3.76. The number of hydrogen-bond acceptors (Lipinski definition) is 8. The number of hydrogen-bond donors (Lipinski definition) is 0. The molecule has 0 fully saturated rings. The molecule has 26 rings (SSSR count). The maximum atomic E-state index is 5.46.